The number of aromatic nitrogens is 2. The summed E-state index contributed by atoms with van der Waals surface area (Å²) in [5.41, 5.74) is 5.41. The average molecular weight is 276 g/mol. The average Bonchev–Trinajstić information content (AvgIpc) is 2.11. The van der Waals surface area contributed by atoms with Crippen LogP contribution in [0.1, 0.15) is 30.5 Å². The van der Waals surface area contributed by atoms with Crippen LogP contribution in [0.3, 0.4) is 0 Å². The molecule has 0 aliphatic heterocycles. The molecule has 3 aliphatic carbocycles. The third kappa shape index (κ3) is 1.33. The first-order valence-corrected chi connectivity index (χ1v) is 6.02. The largest absolute Gasteiger partial charge is 0.391 e. The predicted octanol–water partition coefficient (Wildman–Crippen LogP) is 1.89. The summed E-state index contributed by atoms with van der Waals surface area (Å²) in [5, 5.41) is 9.31. The molecule has 18 heavy (non-hydrogen) atoms. The van der Waals surface area contributed by atoms with E-state index in [2.05, 4.69) is 9.97 Å². The van der Waals surface area contributed by atoms with Gasteiger partial charge in [-0.1, -0.05) is 0 Å². The first-order valence-electron chi connectivity index (χ1n) is 5.64. The fourth-order valence-electron chi connectivity index (χ4n) is 3.42. The van der Waals surface area contributed by atoms with E-state index in [1.807, 2.05) is 0 Å². The minimum absolute atomic E-state index is 0.00415. The van der Waals surface area contributed by atoms with Gasteiger partial charge in [0.25, 0.3) is 0 Å². The fraction of sp³-hybridized carbons (Fsp3) is 0.636. The van der Waals surface area contributed by atoms with E-state index in [0.717, 1.165) is 0 Å². The zero-order chi connectivity index (χ0) is 13.1. The number of hydrogen-bond acceptors (Lipinski definition) is 4. The van der Waals surface area contributed by atoms with Gasteiger partial charge in [0.05, 0.1) is 12.3 Å². The summed E-state index contributed by atoms with van der Waals surface area (Å²) in [5.74, 6) is 0.128. The molecular weight excluding hydrogens is 264 g/mol. The number of alkyl halides is 2. The molecule has 0 radical (unpaired) electrons. The monoisotopic (exact) mass is 275 g/mol. The van der Waals surface area contributed by atoms with Gasteiger partial charge in [-0.2, -0.15) is 0 Å². The van der Waals surface area contributed by atoms with Crippen LogP contribution in [0, 0.1) is 5.41 Å². The zero-order valence-corrected chi connectivity index (χ0v) is 10.2. The normalized spacial score (nSPS) is 33.2. The number of nitrogens with zero attached hydrogens (tertiary/aromatic N) is 2. The Morgan fingerprint density at radius 1 is 1.33 bits per heavy atom. The summed E-state index contributed by atoms with van der Waals surface area (Å²) in [6.07, 6.45) is -1.14. The summed E-state index contributed by atoms with van der Waals surface area (Å²) in [6.45, 7) is -0.304. The molecule has 3 aliphatic rings. The third-order valence-electron chi connectivity index (χ3n) is 4.21. The van der Waals surface area contributed by atoms with Crippen molar-refractivity contribution in [2.45, 2.75) is 37.7 Å². The SMILES string of the molecule is Nc1nc(Cl)nc(C23CC(C(F)F)(C2)C3)c1CO. The Bertz CT molecular complexity index is 503. The molecule has 1 aromatic rings. The van der Waals surface area contributed by atoms with Gasteiger partial charge >= 0.3 is 0 Å². The van der Waals surface area contributed by atoms with Crippen molar-refractivity contribution in [1.29, 1.82) is 0 Å². The molecule has 1 aromatic heterocycles. The van der Waals surface area contributed by atoms with Crippen molar-refractivity contribution >= 4 is 17.4 Å². The molecule has 2 bridgehead atoms. The molecule has 0 amide bonds. The van der Waals surface area contributed by atoms with E-state index >= 15 is 0 Å². The van der Waals surface area contributed by atoms with Gasteiger partial charge in [0, 0.05) is 16.4 Å². The number of aliphatic hydroxyl groups excluding tert-OH is 1. The van der Waals surface area contributed by atoms with Crippen molar-refractivity contribution in [2.24, 2.45) is 5.41 Å². The summed E-state index contributed by atoms with van der Waals surface area (Å²) < 4.78 is 25.6. The quantitative estimate of drug-likeness (QED) is 0.827. The predicted molar refractivity (Wildman–Crippen MR) is 61.3 cm³/mol. The van der Waals surface area contributed by atoms with Crippen LogP contribution in [0.25, 0.3) is 0 Å². The van der Waals surface area contributed by atoms with Gasteiger partial charge in [0.2, 0.25) is 11.7 Å². The van der Waals surface area contributed by atoms with Crippen LogP contribution in [-0.4, -0.2) is 21.5 Å². The van der Waals surface area contributed by atoms with Gasteiger partial charge in [0.1, 0.15) is 5.82 Å². The lowest BCUT2D eigenvalue weighted by Gasteiger charge is -2.70. The van der Waals surface area contributed by atoms with E-state index in [4.69, 9.17) is 17.3 Å². The number of anilines is 1. The highest BCUT2D eigenvalue weighted by Gasteiger charge is 2.73. The molecule has 4 rings (SSSR count). The lowest BCUT2D eigenvalue weighted by molar-refractivity contribution is -0.223. The Morgan fingerprint density at radius 2 is 1.94 bits per heavy atom. The van der Waals surface area contributed by atoms with Gasteiger partial charge in [0.15, 0.2) is 0 Å². The number of nitrogen functional groups attached to an aromatic ring is 1. The van der Waals surface area contributed by atoms with Crippen molar-refractivity contribution in [1.82, 2.24) is 9.97 Å². The molecule has 1 heterocycles. The van der Waals surface area contributed by atoms with Crippen molar-refractivity contribution in [3.05, 3.63) is 16.5 Å². The summed E-state index contributed by atoms with van der Waals surface area (Å²) in [7, 11) is 0. The van der Waals surface area contributed by atoms with E-state index < -0.39 is 11.8 Å². The highest BCUT2D eigenvalue weighted by Crippen LogP contribution is 2.75. The first kappa shape index (κ1) is 12.0. The minimum atomic E-state index is -2.30. The molecule has 3 N–H and O–H groups in total. The van der Waals surface area contributed by atoms with E-state index in [0.29, 0.717) is 30.5 Å². The van der Waals surface area contributed by atoms with Crippen molar-refractivity contribution in [2.75, 3.05) is 5.73 Å². The lowest BCUT2D eigenvalue weighted by Crippen LogP contribution is -2.68. The molecule has 0 saturated heterocycles. The number of hydrogen-bond donors (Lipinski definition) is 2. The van der Waals surface area contributed by atoms with Crippen LogP contribution < -0.4 is 5.73 Å². The number of aliphatic hydroxyl groups is 1. The minimum Gasteiger partial charge on any atom is -0.391 e. The molecule has 0 aromatic carbocycles. The second-order valence-corrected chi connectivity index (χ2v) is 5.67. The van der Waals surface area contributed by atoms with E-state index in [1.54, 1.807) is 0 Å². The smallest absolute Gasteiger partial charge is 0.244 e. The van der Waals surface area contributed by atoms with Crippen LogP contribution in [0.15, 0.2) is 0 Å². The molecule has 4 nitrogen and oxygen atoms in total. The van der Waals surface area contributed by atoms with Crippen LogP contribution >= 0.6 is 11.6 Å². The molecule has 3 saturated carbocycles. The van der Waals surface area contributed by atoms with E-state index in [1.165, 1.54) is 0 Å². The van der Waals surface area contributed by atoms with Gasteiger partial charge in [-0.15, -0.1) is 0 Å². The van der Waals surface area contributed by atoms with Crippen LogP contribution in [-0.2, 0) is 12.0 Å². The van der Waals surface area contributed by atoms with Crippen LogP contribution in [0.4, 0.5) is 14.6 Å². The second kappa shape index (κ2) is 3.51. The van der Waals surface area contributed by atoms with Crippen molar-refractivity contribution < 1.29 is 13.9 Å². The van der Waals surface area contributed by atoms with Crippen LogP contribution in [0.2, 0.25) is 5.28 Å². The maximum Gasteiger partial charge on any atom is 0.244 e. The number of rotatable bonds is 3. The Labute approximate surface area is 107 Å². The fourth-order valence-corrected chi connectivity index (χ4v) is 3.59. The first-order chi connectivity index (χ1) is 8.42. The standard InChI is InChI=1S/C11H12ClF2N3O/c12-9-16-6(5(1-18)7(15)17-9)10-2-11(3-10,4-10)8(13)14/h8,18H,1-4H2,(H2,15,16,17). The van der Waals surface area contributed by atoms with Gasteiger partial charge in [-0.3, -0.25) is 0 Å². The van der Waals surface area contributed by atoms with Crippen LogP contribution in [0.5, 0.6) is 0 Å². The molecule has 98 valence electrons. The summed E-state index contributed by atoms with van der Waals surface area (Å²) >= 11 is 5.75. The third-order valence-corrected chi connectivity index (χ3v) is 4.38. The Balaban J connectivity index is 1.96. The Morgan fingerprint density at radius 3 is 2.44 bits per heavy atom. The van der Waals surface area contributed by atoms with Crippen molar-refractivity contribution in [3.63, 3.8) is 0 Å². The maximum atomic E-state index is 12.8. The maximum absolute atomic E-state index is 12.8. The van der Waals surface area contributed by atoms with E-state index in [9.17, 15) is 13.9 Å². The highest BCUT2D eigenvalue weighted by atomic mass is 35.5. The van der Waals surface area contributed by atoms with Gasteiger partial charge < -0.3 is 10.8 Å². The molecule has 0 atom stereocenters. The van der Waals surface area contributed by atoms with E-state index in [-0.39, 0.29) is 23.1 Å². The molecule has 0 unspecified atom stereocenters. The number of nitrogens with two attached hydrogens (primary N) is 1. The van der Waals surface area contributed by atoms with Gasteiger partial charge in [-0.25, -0.2) is 18.7 Å². The Hall–Kier alpha value is -1.01. The Kier molecular flexibility index (Phi) is 2.35. The second-order valence-electron chi connectivity index (χ2n) is 5.34. The lowest BCUT2D eigenvalue weighted by atomic mass is 9.34. The molecule has 3 fully saturated rings. The summed E-state index contributed by atoms with van der Waals surface area (Å²) in [4.78, 5) is 7.87. The highest BCUT2D eigenvalue weighted by molar-refractivity contribution is 6.28. The molecular formula is C11H12ClF2N3O. The molecule has 7 heteroatoms. The topological polar surface area (TPSA) is 72.0 Å². The van der Waals surface area contributed by atoms with Crippen molar-refractivity contribution in [3.8, 4) is 0 Å². The van der Waals surface area contributed by atoms with Gasteiger partial charge in [-0.05, 0) is 30.9 Å². The number of halogens is 3. The molecule has 0 spiro atoms. The summed E-state index contributed by atoms with van der Waals surface area (Å²) in [6, 6.07) is 0. The zero-order valence-electron chi connectivity index (χ0n) is 9.46.